The van der Waals surface area contributed by atoms with Crippen LogP contribution in [-0.2, 0) is 6.54 Å². The fourth-order valence-electron chi connectivity index (χ4n) is 1.25. The molecule has 0 atom stereocenters. The van der Waals surface area contributed by atoms with Gasteiger partial charge < -0.3 is 9.73 Å². The second-order valence-corrected chi connectivity index (χ2v) is 4.36. The van der Waals surface area contributed by atoms with Crippen molar-refractivity contribution in [3.63, 3.8) is 0 Å². The van der Waals surface area contributed by atoms with Crippen LogP contribution in [-0.4, -0.2) is 17.2 Å². The second-order valence-electron chi connectivity index (χ2n) is 3.13. The lowest BCUT2D eigenvalue weighted by Crippen LogP contribution is -2.04. The van der Waals surface area contributed by atoms with Gasteiger partial charge in [0, 0.05) is 4.47 Å². The maximum Gasteiger partial charge on any atom is 0.249 e. The average Bonchev–Trinajstić information content (AvgIpc) is 2.71. The summed E-state index contributed by atoms with van der Waals surface area (Å²) in [4.78, 5) is 0. The number of nitrogens with one attached hydrogen (secondary N) is 1. The van der Waals surface area contributed by atoms with Crippen LogP contribution in [0.4, 0.5) is 0 Å². The topological polar surface area (TPSA) is 51.0 Å². The molecule has 0 radical (unpaired) electrons. The van der Waals surface area contributed by atoms with Crippen LogP contribution in [0.5, 0.6) is 0 Å². The maximum atomic E-state index is 6.12. The molecule has 0 aliphatic rings. The lowest BCUT2D eigenvalue weighted by atomic mass is 10.2. The fraction of sp³-hybridized carbons (Fsp3) is 0.200. The molecule has 2 rings (SSSR count). The Morgan fingerprint density at radius 1 is 1.44 bits per heavy atom. The van der Waals surface area contributed by atoms with E-state index in [-0.39, 0.29) is 0 Å². The number of aromatic nitrogens is 2. The van der Waals surface area contributed by atoms with Gasteiger partial charge in [-0.15, -0.1) is 10.2 Å². The SMILES string of the molecule is CNCc1nnc(-c2cccc(Br)c2Cl)o1. The molecule has 1 N–H and O–H groups in total. The van der Waals surface area contributed by atoms with Crippen LogP contribution >= 0.6 is 27.5 Å². The number of hydrogen-bond donors (Lipinski definition) is 1. The van der Waals surface area contributed by atoms with Crippen molar-refractivity contribution in [1.29, 1.82) is 0 Å². The molecule has 4 nitrogen and oxygen atoms in total. The van der Waals surface area contributed by atoms with Crippen LogP contribution in [0, 0.1) is 0 Å². The molecule has 1 heterocycles. The van der Waals surface area contributed by atoms with Crippen LogP contribution < -0.4 is 5.32 Å². The van der Waals surface area contributed by atoms with E-state index in [1.54, 1.807) is 0 Å². The highest BCUT2D eigenvalue weighted by Gasteiger charge is 2.12. The summed E-state index contributed by atoms with van der Waals surface area (Å²) in [7, 11) is 1.82. The molecule has 0 bridgehead atoms. The molecule has 6 heteroatoms. The first-order valence-electron chi connectivity index (χ1n) is 4.63. The highest BCUT2D eigenvalue weighted by Crippen LogP contribution is 2.32. The van der Waals surface area contributed by atoms with E-state index in [0.717, 1.165) is 10.0 Å². The Morgan fingerprint density at radius 2 is 2.25 bits per heavy atom. The van der Waals surface area contributed by atoms with E-state index in [1.165, 1.54) is 0 Å². The molecule has 0 saturated carbocycles. The molecule has 0 fully saturated rings. The summed E-state index contributed by atoms with van der Waals surface area (Å²) in [5, 5.41) is 11.4. The van der Waals surface area contributed by atoms with Gasteiger partial charge in [0.05, 0.1) is 17.1 Å². The zero-order valence-electron chi connectivity index (χ0n) is 8.50. The molecule has 84 valence electrons. The van der Waals surface area contributed by atoms with Gasteiger partial charge in [0.25, 0.3) is 0 Å². The van der Waals surface area contributed by atoms with Crippen LogP contribution in [0.3, 0.4) is 0 Å². The summed E-state index contributed by atoms with van der Waals surface area (Å²) in [6.45, 7) is 0.540. The molecule has 0 amide bonds. The first kappa shape index (κ1) is 11.6. The van der Waals surface area contributed by atoms with Crippen molar-refractivity contribution in [2.45, 2.75) is 6.54 Å². The maximum absolute atomic E-state index is 6.12. The predicted octanol–water partition coefficient (Wildman–Crippen LogP) is 2.87. The lowest BCUT2D eigenvalue weighted by Gasteiger charge is -2.00. The van der Waals surface area contributed by atoms with Gasteiger partial charge in [-0.1, -0.05) is 17.7 Å². The van der Waals surface area contributed by atoms with Gasteiger partial charge >= 0.3 is 0 Å². The third kappa shape index (κ3) is 2.26. The van der Waals surface area contributed by atoms with E-state index in [0.29, 0.717) is 23.3 Å². The normalized spacial score (nSPS) is 10.7. The van der Waals surface area contributed by atoms with Crippen molar-refractivity contribution < 1.29 is 4.42 Å². The first-order chi connectivity index (χ1) is 7.72. The van der Waals surface area contributed by atoms with Gasteiger partial charge in [-0.2, -0.15) is 0 Å². The minimum Gasteiger partial charge on any atom is -0.419 e. The summed E-state index contributed by atoms with van der Waals surface area (Å²) in [6.07, 6.45) is 0. The van der Waals surface area contributed by atoms with Gasteiger partial charge in [0.2, 0.25) is 11.8 Å². The second kappa shape index (κ2) is 4.95. The number of nitrogens with zero attached hydrogens (tertiary/aromatic N) is 2. The van der Waals surface area contributed by atoms with Crippen LogP contribution in [0.15, 0.2) is 27.1 Å². The molecule has 2 aromatic rings. The van der Waals surface area contributed by atoms with Gasteiger partial charge in [-0.3, -0.25) is 0 Å². The smallest absolute Gasteiger partial charge is 0.249 e. The Morgan fingerprint density at radius 3 is 3.00 bits per heavy atom. The Labute approximate surface area is 106 Å². The van der Waals surface area contributed by atoms with Gasteiger partial charge in [-0.25, -0.2) is 0 Å². The zero-order valence-corrected chi connectivity index (χ0v) is 10.8. The molecular weight excluding hydrogens is 293 g/mol. The predicted molar refractivity (Wildman–Crippen MR) is 65.2 cm³/mol. The van der Waals surface area contributed by atoms with Crippen LogP contribution in [0.1, 0.15) is 5.89 Å². The van der Waals surface area contributed by atoms with E-state index in [2.05, 4.69) is 31.4 Å². The quantitative estimate of drug-likeness (QED) is 0.947. The Hall–Kier alpha value is -0.910. The molecule has 0 aliphatic carbocycles. The summed E-state index contributed by atoms with van der Waals surface area (Å²) in [5.74, 6) is 0.963. The largest absolute Gasteiger partial charge is 0.419 e. The van der Waals surface area contributed by atoms with E-state index < -0.39 is 0 Å². The number of hydrogen-bond acceptors (Lipinski definition) is 4. The Bertz CT molecular complexity index is 501. The molecule has 0 unspecified atom stereocenters. The van der Waals surface area contributed by atoms with Crippen molar-refractivity contribution in [3.8, 4) is 11.5 Å². The van der Waals surface area contributed by atoms with Crippen LogP contribution in [0.2, 0.25) is 5.02 Å². The third-order valence-electron chi connectivity index (χ3n) is 1.98. The van der Waals surface area contributed by atoms with Gasteiger partial charge in [0.15, 0.2) is 0 Å². The minimum absolute atomic E-state index is 0.427. The molecule has 0 aliphatic heterocycles. The summed E-state index contributed by atoms with van der Waals surface area (Å²) < 4.78 is 6.26. The van der Waals surface area contributed by atoms with Crippen molar-refractivity contribution in [2.24, 2.45) is 0 Å². The van der Waals surface area contributed by atoms with Crippen molar-refractivity contribution in [3.05, 3.63) is 33.6 Å². The highest BCUT2D eigenvalue weighted by atomic mass is 79.9. The third-order valence-corrected chi connectivity index (χ3v) is 3.27. The molecular formula is C10H9BrClN3O. The fourth-order valence-corrected chi connectivity index (χ4v) is 1.83. The minimum atomic E-state index is 0.427. The number of benzene rings is 1. The van der Waals surface area contributed by atoms with Crippen molar-refractivity contribution >= 4 is 27.5 Å². The van der Waals surface area contributed by atoms with E-state index >= 15 is 0 Å². The lowest BCUT2D eigenvalue weighted by molar-refractivity contribution is 0.490. The number of halogens is 2. The number of rotatable bonds is 3. The Balaban J connectivity index is 2.39. The molecule has 0 spiro atoms. The van der Waals surface area contributed by atoms with E-state index in [9.17, 15) is 0 Å². The zero-order chi connectivity index (χ0) is 11.5. The first-order valence-corrected chi connectivity index (χ1v) is 5.81. The van der Waals surface area contributed by atoms with Crippen molar-refractivity contribution in [1.82, 2.24) is 15.5 Å². The molecule has 0 saturated heterocycles. The Kier molecular flexibility index (Phi) is 3.58. The summed E-state index contributed by atoms with van der Waals surface area (Å²) in [6, 6.07) is 5.56. The standard InChI is InChI=1S/C10H9BrClN3O/c1-13-5-8-14-15-10(16-8)6-3-2-4-7(11)9(6)12/h2-4,13H,5H2,1H3. The monoisotopic (exact) mass is 301 g/mol. The van der Waals surface area contributed by atoms with E-state index in [1.807, 2.05) is 25.2 Å². The summed E-state index contributed by atoms with van der Waals surface area (Å²) >= 11 is 9.47. The van der Waals surface area contributed by atoms with Gasteiger partial charge in [-0.05, 0) is 35.1 Å². The van der Waals surface area contributed by atoms with E-state index in [4.69, 9.17) is 16.0 Å². The molecule has 16 heavy (non-hydrogen) atoms. The molecule has 1 aromatic heterocycles. The van der Waals surface area contributed by atoms with Crippen molar-refractivity contribution in [2.75, 3.05) is 7.05 Å². The summed E-state index contributed by atoms with van der Waals surface area (Å²) in [5.41, 5.74) is 0.728. The molecule has 1 aromatic carbocycles. The van der Waals surface area contributed by atoms with Gasteiger partial charge in [0.1, 0.15) is 0 Å². The van der Waals surface area contributed by atoms with Crippen LogP contribution in [0.25, 0.3) is 11.5 Å². The highest BCUT2D eigenvalue weighted by molar-refractivity contribution is 9.10. The average molecular weight is 303 g/mol.